The molecule has 0 N–H and O–H groups in total. The predicted molar refractivity (Wildman–Crippen MR) is 128 cm³/mol. The van der Waals surface area contributed by atoms with Gasteiger partial charge in [-0.3, -0.25) is 14.0 Å². The highest BCUT2D eigenvalue weighted by Crippen LogP contribution is 2.30. The summed E-state index contributed by atoms with van der Waals surface area (Å²) in [6.45, 7) is 13.9. The highest BCUT2D eigenvalue weighted by atomic mass is 16.1. The summed E-state index contributed by atoms with van der Waals surface area (Å²) < 4.78 is 3.54. The second-order valence-corrected chi connectivity index (χ2v) is 10.4. The van der Waals surface area contributed by atoms with Crippen LogP contribution >= 0.6 is 0 Å². The average Bonchev–Trinajstić information content (AvgIpc) is 2.97. The van der Waals surface area contributed by atoms with Gasteiger partial charge in [-0.1, -0.05) is 39.3 Å². The first-order valence-corrected chi connectivity index (χ1v) is 11.6. The topological polar surface area (TPSA) is 43.1 Å². The Bertz CT molecular complexity index is 1140. The molecule has 1 aromatic carbocycles. The number of fused-ring (bicyclic) bond motifs is 1. The van der Waals surface area contributed by atoms with E-state index in [4.69, 9.17) is 4.98 Å². The van der Waals surface area contributed by atoms with Crippen molar-refractivity contribution in [2.24, 2.45) is 12.5 Å². The lowest BCUT2D eigenvalue weighted by Gasteiger charge is -2.33. The van der Waals surface area contributed by atoms with Gasteiger partial charge in [-0.15, -0.1) is 0 Å². The summed E-state index contributed by atoms with van der Waals surface area (Å²) in [5.41, 5.74) is 6.30. The summed E-state index contributed by atoms with van der Waals surface area (Å²) in [6, 6.07) is 11.3. The van der Waals surface area contributed by atoms with Crippen molar-refractivity contribution >= 4 is 11.2 Å². The van der Waals surface area contributed by atoms with E-state index in [0.29, 0.717) is 12.6 Å². The molecule has 1 aliphatic heterocycles. The van der Waals surface area contributed by atoms with Gasteiger partial charge in [0.25, 0.3) is 0 Å². The number of nitrogens with zero attached hydrogens (tertiary/aromatic N) is 4. The quantitative estimate of drug-likeness (QED) is 0.575. The number of hydrogen-bond acceptors (Lipinski definition) is 3. The van der Waals surface area contributed by atoms with Crippen molar-refractivity contribution in [2.45, 2.75) is 66.5 Å². The minimum atomic E-state index is -0.00114. The number of aromatic nitrogens is 3. The second kappa shape index (κ2) is 8.27. The molecule has 4 rings (SSSR count). The number of benzene rings is 1. The van der Waals surface area contributed by atoms with Crippen molar-refractivity contribution in [3.63, 3.8) is 0 Å². The van der Waals surface area contributed by atoms with E-state index in [0.717, 1.165) is 22.4 Å². The molecular formula is C26H36N4O. The van der Waals surface area contributed by atoms with Crippen molar-refractivity contribution in [3.05, 3.63) is 51.9 Å². The van der Waals surface area contributed by atoms with Gasteiger partial charge in [-0.25, -0.2) is 9.78 Å². The van der Waals surface area contributed by atoms with Gasteiger partial charge in [0.2, 0.25) is 0 Å². The molecule has 3 heterocycles. The Morgan fingerprint density at radius 2 is 1.77 bits per heavy atom. The Kier molecular flexibility index (Phi) is 5.82. The molecule has 0 unspecified atom stereocenters. The van der Waals surface area contributed by atoms with Gasteiger partial charge >= 0.3 is 5.69 Å². The molecule has 0 saturated carbocycles. The first-order valence-electron chi connectivity index (χ1n) is 11.6. The number of piperidine rings is 1. The third kappa shape index (κ3) is 4.33. The van der Waals surface area contributed by atoms with E-state index in [1.54, 1.807) is 4.57 Å². The van der Waals surface area contributed by atoms with Crippen LogP contribution in [-0.2, 0) is 13.6 Å². The lowest BCUT2D eigenvalue weighted by molar-refractivity contribution is 0.175. The lowest BCUT2D eigenvalue weighted by Crippen LogP contribution is -2.32. The Morgan fingerprint density at radius 1 is 1.06 bits per heavy atom. The molecule has 5 nitrogen and oxygen atoms in total. The molecule has 0 amide bonds. The number of likely N-dealkylation sites (tertiary alicyclic amines) is 1. The zero-order valence-electron chi connectivity index (χ0n) is 19.9. The zero-order valence-corrected chi connectivity index (χ0v) is 19.9. The third-order valence-electron chi connectivity index (χ3n) is 6.57. The monoisotopic (exact) mass is 420 g/mol. The molecule has 0 spiro atoms. The second-order valence-electron chi connectivity index (χ2n) is 10.4. The highest BCUT2D eigenvalue weighted by Gasteiger charge is 2.21. The fourth-order valence-corrected chi connectivity index (χ4v) is 4.74. The minimum absolute atomic E-state index is 0.00114. The predicted octanol–water partition coefficient (Wildman–Crippen LogP) is 5.30. The molecule has 5 heteroatoms. The molecule has 1 fully saturated rings. The Labute approximate surface area is 185 Å². The number of imidazole rings is 1. The van der Waals surface area contributed by atoms with Crippen molar-refractivity contribution < 1.29 is 0 Å². The molecule has 3 aromatic rings. The maximum Gasteiger partial charge on any atom is 0.330 e. The number of hydrogen-bond donors (Lipinski definition) is 0. The van der Waals surface area contributed by atoms with E-state index >= 15 is 0 Å². The molecule has 1 atom stereocenters. The van der Waals surface area contributed by atoms with Gasteiger partial charge in [-0.05, 0) is 74.5 Å². The maximum atomic E-state index is 12.9. The van der Waals surface area contributed by atoms with Gasteiger partial charge in [0.05, 0.1) is 11.2 Å². The smallest absolute Gasteiger partial charge is 0.297 e. The SMILES string of the molecule is Cc1ccc([C@@H](C)N2CCCCC2)cc1-c1ccc2c(n1)n(C)c(=O)n2CC(C)(C)C. The molecule has 166 valence electrons. The van der Waals surface area contributed by atoms with Crippen LogP contribution in [0.15, 0.2) is 35.1 Å². The fourth-order valence-electron chi connectivity index (χ4n) is 4.74. The minimum Gasteiger partial charge on any atom is -0.297 e. The van der Waals surface area contributed by atoms with Crippen LogP contribution in [0.3, 0.4) is 0 Å². The van der Waals surface area contributed by atoms with Crippen LogP contribution in [0.25, 0.3) is 22.4 Å². The summed E-state index contributed by atoms with van der Waals surface area (Å²) in [4.78, 5) is 20.4. The first kappa shape index (κ1) is 21.8. The Balaban J connectivity index is 1.75. The standard InChI is InChI=1S/C26H36N4O/c1-18-10-11-20(19(2)29-14-8-7-9-15-29)16-21(18)22-12-13-23-24(27-22)28(6)25(31)30(23)17-26(3,4)5/h10-13,16,19H,7-9,14-15,17H2,1-6H3/t19-/m1/s1. The summed E-state index contributed by atoms with van der Waals surface area (Å²) in [5, 5.41) is 0. The molecule has 0 radical (unpaired) electrons. The molecular weight excluding hydrogens is 384 g/mol. The highest BCUT2D eigenvalue weighted by molar-refractivity contribution is 5.77. The van der Waals surface area contributed by atoms with E-state index in [-0.39, 0.29) is 11.1 Å². The average molecular weight is 421 g/mol. The summed E-state index contributed by atoms with van der Waals surface area (Å²) >= 11 is 0. The van der Waals surface area contributed by atoms with Crippen molar-refractivity contribution in [2.75, 3.05) is 13.1 Å². The van der Waals surface area contributed by atoms with Crippen LogP contribution in [0.2, 0.25) is 0 Å². The molecule has 31 heavy (non-hydrogen) atoms. The molecule has 0 aliphatic carbocycles. The third-order valence-corrected chi connectivity index (χ3v) is 6.57. The van der Waals surface area contributed by atoms with Crippen LogP contribution in [-0.4, -0.2) is 32.1 Å². The van der Waals surface area contributed by atoms with E-state index in [2.05, 4.69) is 69.9 Å². The van der Waals surface area contributed by atoms with Gasteiger partial charge in [0.15, 0.2) is 5.65 Å². The number of rotatable bonds is 4. The molecule has 2 aromatic heterocycles. The first-order chi connectivity index (χ1) is 14.7. The van der Waals surface area contributed by atoms with E-state index in [1.165, 1.54) is 43.5 Å². The molecule has 1 aliphatic rings. The normalized spacial score (nSPS) is 16.7. The van der Waals surface area contributed by atoms with Crippen LogP contribution in [0.1, 0.15) is 64.1 Å². The van der Waals surface area contributed by atoms with Crippen molar-refractivity contribution in [3.8, 4) is 11.3 Å². The maximum absolute atomic E-state index is 12.9. The van der Waals surface area contributed by atoms with Crippen LogP contribution in [0.4, 0.5) is 0 Å². The number of aryl methyl sites for hydroxylation is 2. The summed E-state index contributed by atoms with van der Waals surface area (Å²) in [5.74, 6) is 0. The van der Waals surface area contributed by atoms with E-state index in [9.17, 15) is 4.79 Å². The van der Waals surface area contributed by atoms with Crippen molar-refractivity contribution in [1.29, 1.82) is 0 Å². The van der Waals surface area contributed by atoms with E-state index in [1.807, 2.05) is 11.6 Å². The van der Waals surface area contributed by atoms with E-state index < -0.39 is 0 Å². The Hall–Kier alpha value is -2.40. The van der Waals surface area contributed by atoms with Gasteiger partial charge in [0.1, 0.15) is 0 Å². The van der Waals surface area contributed by atoms with Crippen LogP contribution in [0.5, 0.6) is 0 Å². The molecule has 1 saturated heterocycles. The Morgan fingerprint density at radius 3 is 2.45 bits per heavy atom. The molecule has 0 bridgehead atoms. The largest absolute Gasteiger partial charge is 0.330 e. The summed E-state index contributed by atoms with van der Waals surface area (Å²) in [7, 11) is 1.82. The van der Waals surface area contributed by atoms with Gasteiger partial charge in [-0.2, -0.15) is 0 Å². The van der Waals surface area contributed by atoms with Gasteiger partial charge in [0, 0.05) is 25.2 Å². The van der Waals surface area contributed by atoms with Gasteiger partial charge < -0.3 is 0 Å². The number of pyridine rings is 1. The lowest BCUT2D eigenvalue weighted by atomic mass is 9.96. The fraction of sp³-hybridized carbons (Fsp3) is 0.538. The summed E-state index contributed by atoms with van der Waals surface area (Å²) in [6.07, 6.45) is 3.93. The van der Waals surface area contributed by atoms with Crippen molar-refractivity contribution in [1.82, 2.24) is 19.0 Å². The van der Waals surface area contributed by atoms with Crippen LogP contribution < -0.4 is 5.69 Å². The zero-order chi connectivity index (χ0) is 22.3. The van der Waals surface area contributed by atoms with Crippen LogP contribution in [0, 0.1) is 12.3 Å².